The van der Waals surface area contributed by atoms with E-state index in [-0.39, 0.29) is 11.9 Å². The first-order valence-electron chi connectivity index (χ1n) is 12.0. The summed E-state index contributed by atoms with van der Waals surface area (Å²) in [6.07, 6.45) is 3.80. The molecule has 3 aromatic rings. The lowest BCUT2D eigenvalue weighted by Gasteiger charge is -2.16. The van der Waals surface area contributed by atoms with E-state index in [0.29, 0.717) is 26.1 Å². The Morgan fingerprint density at radius 3 is 2.40 bits per heavy atom. The molecule has 35 heavy (non-hydrogen) atoms. The predicted octanol–water partition coefficient (Wildman–Crippen LogP) is 4.69. The zero-order valence-corrected chi connectivity index (χ0v) is 21.1. The molecule has 0 saturated heterocycles. The van der Waals surface area contributed by atoms with Crippen molar-refractivity contribution in [1.29, 1.82) is 0 Å². The molecule has 0 spiro atoms. The van der Waals surface area contributed by atoms with Crippen LogP contribution >= 0.6 is 0 Å². The number of rotatable bonds is 13. The lowest BCUT2D eigenvalue weighted by Crippen LogP contribution is -2.25. The summed E-state index contributed by atoms with van der Waals surface area (Å²) < 4.78 is 18.2. The summed E-state index contributed by atoms with van der Waals surface area (Å²) in [7, 11) is 4.88. The fourth-order valence-corrected chi connectivity index (χ4v) is 3.84. The summed E-state index contributed by atoms with van der Waals surface area (Å²) in [6, 6.07) is 13.8. The second-order valence-electron chi connectivity index (χ2n) is 8.50. The number of aromatic nitrogens is 2. The first-order valence-corrected chi connectivity index (χ1v) is 12.0. The standard InChI is InChI=1S/C27H35N3O5/c1-20(31)29(2)16-8-17-30-25-19-23(35-18-7-5-6-9-26(32)34-4)14-15-24(25)28-27(30)21-10-12-22(33-3)13-11-21/h10-15,19H,5-9,16-18H2,1-4H3. The molecule has 1 aromatic heterocycles. The van der Waals surface area contributed by atoms with Crippen LogP contribution in [0.25, 0.3) is 22.4 Å². The number of hydrogen-bond donors (Lipinski definition) is 0. The van der Waals surface area contributed by atoms with E-state index in [1.165, 1.54) is 7.11 Å². The van der Waals surface area contributed by atoms with Gasteiger partial charge in [-0.05, 0) is 62.1 Å². The van der Waals surface area contributed by atoms with Crippen molar-refractivity contribution in [2.45, 2.75) is 45.6 Å². The number of nitrogens with zero attached hydrogens (tertiary/aromatic N) is 3. The Kier molecular flexibility index (Phi) is 9.52. The molecule has 2 aromatic carbocycles. The number of imidazole rings is 1. The highest BCUT2D eigenvalue weighted by Gasteiger charge is 2.14. The van der Waals surface area contributed by atoms with E-state index < -0.39 is 0 Å². The number of aryl methyl sites for hydroxylation is 1. The van der Waals surface area contributed by atoms with Gasteiger partial charge in [-0.1, -0.05) is 0 Å². The highest BCUT2D eigenvalue weighted by molar-refractivity contribution is 5.82. The number of esters is 1. The van der Waals surface area contributed by atoms with Crippen molar-refractivity contribution in [3.63, 3.8) is 0 Å². The molecule has 3 rings (SSSR count). The highest BCUT2D eigenvalue weighted by Crippen LogP contribution is 2.29. The third-order valence-corrected chi connectivity index (χ3v) is 6.00. The van der Waals surface area contributed by atoms with Gasteiger partial charge in [0, 0.05) is 45.1 Å². The number of carbonyl (C=O) groups excluding carboxylic acids is 2. The second kappa shape index (κ2) is 12.8. The number of ether oxygens (including phenoxy) is 3. The average molecular weight is 482 g/mol. The largest absolute Gasteiger partial charge is 0.497 e. The smallest absolute Gasteiger partial charge is 0.305 e. The van der Waals surface area contributed by atoms with Gasteiger partial charge in [-0.15, -0.1) is 0 Å². The zero-order valence-electron chi connectivity index (χ0n) is 21.1. The molecule has 0 aliphatic rings. The summed E-state index contributed by atoms with van der Waals surface area (Å²) in [5, 5.41) is 0. The van der Waals surface area contributed by atoms with E-state index >= 15 is 0 Å². The normalized spacial score (nSPS) is 10.9. The third-order valence-electron chi connectivity index (χ3n) is 6.00. The summed E-state index contributed by atoms with van der Waals surface area (Å²) in [5.74, 6) is 2.33. The summed E-state index contributed by atoms with van der Waals surface area (Å²) in [4.78, 5) is 29.5. The Morgan fingerprint density at radius 1 is 0.971 bits per heavy atom. The van der Waals surface area contributed by atoms with Crippen molar-refractivity contribution in [3.05, 3.63) is 42.5 Å². The lowest BCUT2D eigenvalue weighted by molar-refractivity contribution is -0.140. The minimum absolute atomic E-state index is 0.0538. The van der Waals surface area contributed by atoms with Gasteiger partial charge in [-0.25, -0.2) is 4.98 Å². The molecule has 1 heterocycles. The molecule has 0 fully saturated rings. The molecule has 0 aliphatic heterocycles. The van der Waals surface area contributed by atoms with Crippen molar-refractivity contribution >= 4 is 22.9 Å². The summed E-state index contributed by atoms with van der Waals surface area (Å²) in [6.45, 7) is 3.54. The maximum absolute atomic E-state index is 11.6. The van der Waals surface area contributed by atoms with Crippen LogP contribution in [-0.2, 0) is 20.9 Å². The van der Waals surface area contributed by atoms with Crippen LogP contribution in [0.3, 0.4) is 0 Å². The molecule has 0 radical (unpaired) electrons. The van der Waals surface area contributed by atoms with Crippen LogP contribution in [0.1, 0.15) is 39.0 Å². The van der Waals surface area contributed by atoms with Gasteiger partial charge < -0.3 is 23.7 Å². The van der Waals surface area contributed by atoms with Gasteiger partial charge in [0.1, 0.15) is 17.3 Å². The van der Waals surface area contributed by atoms with E-state index in [9.17, 15) is 9.59 Å². The third kappa shape index (κ3) is 7.21. The van der Waals surface area contributed by atoms with Crippen LogP contribution in [0.4, 0.5) is 0 Å². The number of benzene rings is 2. The van der Waals surface area contributed by atoms with E-state index in [1.54, 1.807) is 18.9 Å². The Labute approximate surface area is 206 Å². The van der Waals surface area contributed by atoms with Crippen LogP contribution in [0.2, 0.25) is 0 Å². The number of fused-ring (bicyclic) bond motifs is 1. The molecule has 188 valence electrons. The molecule has 0 saturated carbocycles. The molecule has 0 unspecified atom stereocenters. The van der Waals surface area contributed by atoms with Gasteiger partial charge in [0.05, 0.1) is 31.9 Å². The van der Waals surface area contributed by atoms with Crippen LogP contribution in [0.15, 0.2) is 42.5 Å². The molecule has 8 nitrogen and oxygen atoms in total. The van der Waals surface area contributed by atoms with Crippen molar-refractivity contribution in [3.8, 4) is 22.9 Å². The Bertz CT molecular complexity index is 1120. The minimum Gasteiger partial charge on any atom is -0.497 e. The monoisotopic (exact) mass is 481 g/mol. The maximum atomic E-state index is 11.6. The van der Waals surface area contributed by atoms with Gasteiger partial charge in [-0.3, -0.25) is 9.59 Å². The van der Waals surface area contributed by atoms with Crippen LogP contribution in [-0.4, -0.2) is 60.7 Å². The fraction of sp³-hybridized carbons (Fsp3) is 0.444. The first-order chi connectivity index (χ1) is 16.9. The van der Waals surface area contributed by atoms with Gasteiger partial charge in [-0.2, -0.15) is 0 Å². The molecule has 8 heteroatoms. The van der Waals surface area contributed by atoms with E-state index in [4.69, 9.17) is 14.5 Å². The Balaban J connectivity index is 1.76. The number of carbonyl (C=O) groups is 2. The number of unbranched alkanes of at least 4 members (excludes halogenated alkanes) is 2. The van der Waals surface area contributed by atoms with Crippen molar-refractivity contribution in [1.82, 2.24) is 14.5 Å². The predicted molar refractivity (Wildman–Crippen MR) is 136 cm³/mol. The molecule has 0 N–H and O–H groups in total. The molecule has 0 bridgehead atoms. The topological polar surface area (TPSA) is 82.9 Å². The molecular weight excluding hydrogens is 446 g/mol. The quantitative estimate of drug-likeness (QED) is 0.260. The molecule has 0 atom stereocenters. The van der Waals surface area contributed by atoms with Crippen LogP contribution in [0.5, 0.6) is 11.5 Å². The number of amides is 1. The Hall–Kier alpha value is -3.55. The van der Waals surface area contributed by atoms with Crippen LogP contribution < -0.4 is 9.47 Å². The number of methoxy groups -OCH3 is 2. The molecule has 0 aliphatic carbocycles. The summed E-state index contributed by atoms with van der Waals surface area (Å²) in [5.41, 5.74) is 2.88. The number of hydrogen-bond acceptors (Lipinski definition) is 6. The van der Waals surface area contributed by atoms with E-state index in [0.717, 1.165) is 59.6 Å². The zero-order chi connectivity index (χ0) is 25.2. The van der Waals surface area contributed by atoms with E-state index in [2.05, 4.69) is 9.30 Å². The van der Waals surface area contributed by atoms with Gasteiger partial charge in [0.2, 0.25) is 5.91 Å². The van der Waals surface area contributed by atoms with Crippen LogP contribution in [0, 0.1) is 0 Å². The fourth-order valence-electron chi connectivity index (χ4n) is 3.84. The lowest BCUT2D eigenvalue weighted by atomic mass is 10.2. The average Bonchev–Trinajstić information content (AvgIpc) is 3.23. The van der Waals surface area contributed by atoms with Gasteiger partial charge in [0.15, 0.2) is 0 Å². The maximum Gasteiger partial charge on any atom is 0.305 e. The van der Waals surface area contributed by atoms with Gasteiger partial charge in [0.25, 0.3) is 0 Å². The van der Waals surface area contributed by atoms with Gasteiger partial charge >= 0.3 is 5.97 Å². The van der Waals surface area contributed by atoms with Crippen molar-refractivity contribution in [2.24, 2.45) is 0 Å². The summed E-state index contributed by atoms with van der Waals surface area (Å²) >= 11 is 0. The minimum atomic E-state index is -0.174. The SMILES string of the molecule is COC(=O)CCCCCOc1ccc2nc(-c3ccc(OC)cc3)n(CCCN(C)C(C)=O)c2c1. The molecular formula is C27H35N3O5. The Morgan fingerprint density at radius 2 is 1.71 bits per heavy atom. The molecule has 1 amide bonds. The second-order valence-corrected chi connectivity index (χ2v) is 8.50. The highest BCUT2D eigenvalue weighted by atomic mass is 16.5. The van der Waals surface area contributed by atoms with Crippen molar-refractivity contribution < 1.29 is 23.8 Å². The first kappa shape index (κ1) is 26.1. The van der Waals surface area contributed by atoms with E-state index in [1.807, 2.05) is 49.5 Å². The van der Waals surface area contributed by atoms with Crippen molar-refractivity contribution in [2.75, 3.05) is 34.4 Å².